The molecule has 1 saturated heterocycles. The number of carbonyl (C=O) groups excluding carboxylic acids is 1. The number of rotatable bonds is 3. The van der Waals surface area contributed by atoms with Crippen molar-refractivity contribution in [2.75, 3.05) is 13.1 Å². The Morgan fingerprint density at radius 1 is 1.17 bits per heavy atom. The van der Waals surface area contributed by atoms with Crippen molar-refractivity contribution in [2.24, 2.45) is 0 Å². The van der Waals surface area contributed by atoms with Gasteiger partial charge in [0.15, 0.2) is 0 Å². The molecule has 4 aromatic rings. The van der Waals surface area contributed by atoms with Crippen LogP contribution in [0.15, 0.2) is 53.3 Å². The van der Waals surface area contributed by atoms with Crippen molar-refractivity contribution >= 4 is 43.8 Å². The summed E-state index contributed by atoms with van der Waals surface area (Å²) >= 11 is 3.68. The van der Waals surface area contributed by atoms with Gasteiger partial charge in [-0.05, 0) is 65.4 Å². The van der Waals surface area contributed by atoms with Crippen molar-refractivity contribution < 1.29 is 4.79 Å². The molecule has 29 heavy (non-hydrogen) atoms. The molecule has 0 radical (unpaired) electrons. The fraction of sp³-hybridized carbons (Fsp3) is 0.304. The Morgan fingerprint density at radius 3 is 2.76 bits per heavy atom. The summed E-state index contributed by atoms with van der Waals surface area (Å²) in [7, 11) is 0. The number of H-pyrrole nitrogens is 1. The van der Waals surface area contributed by atoms with Crippen molar-refractivity contribution in [2.45, 2.75) is 32.2 Å². The van der Waals surface area contributed by atoms with Crippen LogP contribution in [0.4, 0.5) is 0 Å². The van der Waals surface area contributed by atoms with E-state index in [4.69, 9.17) is 0 Å². The van der Waals surface area contributed by atoms with Crippen LogP contribution in [0.1, 0.15) is 30.0 Å². The molecule has 1 N–H and O–H groups in total. The summed E-state index contributed by atoms with van der Waals surface area (Å²) in [5.74, 6) is 0.667. The quantitative estimate of drug-likeness (QED) is 0.477. The van der Waals surface area contributed by atoms with E-state index in [1.54, 1.807) is 0 Å². The predicted octanol–water partition coefficient (Wildman–Crippen LogP) is 4.99. The first-order valence-electron chi connectivity index (χ1n) is 10.1. The van der Waals surface area contributed by atoms with E-state index in [0.717, 1.165) is 52.6 Å². The fourth-order valence-electron chi connectivity index (χ4n) is 4.58. The lowest BCUT2D eigenvalue weighted by Gasteiger charge is -2.32. The van der Waals surface area contributed by atoms with Gasteiger partial charge in [0.2, 0.25) is 5.91 Å². The largest absolute Gasteiger partial charge is 0.346 e. The minimum absolute atomic E-state index is 0.195. The number of aromatic amines is 1. The Bertz CT molecular complexity index is 1200. The topological polar surface area (TPSA) is 53.9 Å². The average molecular weight is 451 g/mol. The smallest absolute Gasteiger partial charge is 0.242 e. The van der Waals surface area contributed by atoms with Gasteiger partial charge in [-0.25, -0.2) is 4.98 Å². The second kappa shape index (κ2) is 7.34. The van der Waals surface area contributed by atoms with E-state index in [2.05, 4.69) is 61.8 Å². The minimum Gasteiger partial charge on any atom is -0.346 e. The number of nitrogens with one attached hydrogen (secondary N) is 1. The van der Waals surface area contributed by atoms with Crippen LogP contribution in [0.25, 0.3) is 21.9 Å². The maximum Gasteiger partial charge on any atom is 0.242 e. The molecule has 5 rings (SSSR count). The van der Waals surface area contributed by atoms with E-state index in [-0.39, 0.29) is 5.91 Å². The molecule has 0 aliphatic carbocycles. The monoisotopic (exact) mass is 450 g/mol. The molecular formula is C23H23BrN4O. The van der Waals surface area contributed by atoms with E-state index >= 15 is 0 Å². The summed E-state index contributed by atoms with van der Waals surface area (Å²) in [6.45, 7) is 4.06. The second-order valence-electron chi connectivity index (χ2n) is 7.80. The van der Waals surface area contributed by atoms with Crippen LogP contribution in [0, 0.1) is 6.92 Å². The molecule has 1 amide bonds. The van der Waals surface area contributed by atoms with Gasteiger partial charge in [-0.3, -0.25) is 4.79 Å². The standard InChI is InChI=1S/C23H23BrN4O/c1-15-22(24)18-5-2-3-7-20(18)28(15)14-21(29)27-11-8-16(9-12-27)19-13-26-23-17(19)6-4-10-25-23/h2-7,10,13,16H,8-9,11-12,14H2,1H3,(H,25,26). The van der Waals surface area contributed by atoms with Gasteiger partial charge >= 0.3 is 0 Å². The number of nitrogens with zero attached hydrogens (tertiary/aromatic N) is 3. The van der Waals surface area contributed by atoms with Gasteiger partial charge in [-0.15, -0.1) is 0 Å². The number of amides is 1. The molecule has 3 aromatic heterocycles. The van der Waals surface area contributed by atoms with E-state index in [1.807, 2.05) is 29.3 Å². The third kappa shape index (κ3) is 3.15. The third-order valence-corrected chi connectivity index (χ3v) is 7.22. The maximum absolute atomic E-state index is 13.1. The van der Waals surface area contributed by atoms with Crippen molar-refractivity contribution in [1.29, 1.82) is 0 Å². The lowest BCUT2D eigenvalue weighted by atomic mass is 9.89. The molecular weight excluding hydrogens is 428 g/mol. The van der Waals surface area contributed by atoms with Crippen molar-refractivity contribution in [1.82, 2.24) is 19.4 Å². The molecule has 4 heterocycles. The van der Waals surface area contributed by atoms with Crippen molar-refractivity contribution in [3.63, 3.8) is 0 Å². The van der Waals surface area contributed by atoms with Gasteiger partial charge in [0.05, 0.1) is 0 Å². The number of para-hydroxylation sites is 1. The molecule has 0 atom stereocenters. The summed E-state index contributed by atoms with van der Waals surface area (Å²) < 4.78 is 3.20. The first kappa shape index (κ1) is 18.4. The Morgan fingerprint density at radius 2 is 1.93 bits per heavy atom. The third-order valence-electron chi connectivity index (χ3n) is 6.22. The van der Waals surface area contributed by atoms with E-state index in [1.165, 1.54) is 10.9 Å². The van der Waals surface area contributed by atoms with Crippen LogP contribution < -0.4 is 0 Å². The summed E-state index contributed by atoms with van der Waals surface area (Å²) in [6.07, 6.45) is 5.88. The average Bonchev–Trinajstić information content (AvgIpc) is 3.29. The highest BCUT2D eigenvalue weighted by Gasteiger charge is 2.26. The number of halogens is 1. The number of benzene rings is 1. The van der Waals surface area contributed by atoms with Gasteiger partial charge < -0.3 is 14.5 Å². The SMILES string of the molecule is Cc1c(Br)c2ccccc2n1CC(=O)N1CCC(c2c[nH]c3ncccc23)CC1. The van der Waals surface area contributed by atoms with Crippen LogP contribution in [-0.2, 0) is 11.3 Å². The van der Waals surface area contributed by atoms with Gasteiger partial charge in [-0.1, -0.05) is 18.2 Å². The second-order valence-corrected chi connectivity index (χ2v) is 8.59. The van der Waals surface area contributed by atoms with Gasteiger partial charge in [0.25, 0.3) is 0 Å². The Hall–Kier alpha value is -2.60. The molecule has 0 unspecified atom stereocenters. The lowest BCUT2D eigenvalue weighted by Crippen LogP contribution is -2.39. The number of pyridine rings is 1. The lowest BCUT2D eigenvalue weighted by molar-refractivity contribution is -0.132. The number of piperidine rings is 1. The summed E-state index contributed by atoms with van der Waals surface area (Å²) in [5.41, 5.74) is 4.48. The zero-order valence-corrected chi connectivity index (χ0v) is 17.9. The van der Waals surface area contributed by atoms with Crippen LogP contribution in [0.5, 0.6) is 0 Å². The summed E-state index contributed by atoms with van der Waals surface area (Å²) in [6, 6.07) is 12.3. The number of aromatic nitrogens is 3. The number of carbonyl (C=O) groups is 1. The van der Waals surface area contributed by atoms with E-state index in [9.17, 15) is 4.79 Å². The van der Waals surface area contributed by atoms with E-state index < -0.39 is 0 Å². The first-order chi connectivity index (χ1) is 14.1. The van der Waals surface area contributed by atoms with Gasteiger partial charge in [0, 0.05) is 51.9 Å². The molecule has 6 heteroatoms. The molecule has 1 fully saturated rings. The Balaban J connectivity index is 1.30. The molecule has 1 aliphatic heterocycles. The molecule has 0 bridgehead atoms. The summed E-state index contributed by atoms with van der Waals surface area (Å²) in [4.78, 5) is 22.7. The van der Waals surface area contributed by atoms with Crippen molar-refractivity contribution in [3.8, 4) is 0 Å². The number of likely N-dealkylation sites (tertiary alicyclic amines) is 1. The van der Waals surface area contributed by atoms with Crippen LogP contribution in [0.3, 0.4) is 0 Å². The molecule has 1 aromatic carbocycles. The molecule has 5 nitrogen and oxygen atoms in total. The van der Waals surface area contributed by atoms with E-state index in [0.29, 0.717) is 12.5 Å². The fourth-order valence-corrected chi connectivity index (χ4v) is 5.13. The molecule has 1 aliphatic rings. The first-order valence-corrected chi connectivity index (χ1v) is 10.9. The van der Waals surface area contributed by atoms with Crippen LogP contribution >= 0.6 is 15.9 Å². The normalized spacial score (nSPS) is 15.4. The Labute approximate surface area is 177 Å². The number of fused-ring (bicyclic) bond motifs is 2. The van der Waals surface area contributed by atoms with Crippen LogP contribution in [-0.4, -0.2) is 38.4 Å². The zero-order chi connectivity index (χ0) is 20.0. The van der Waals surface area contributed by atoms with Crippen molar-refractivity contribution in [3.05, 3.63) is 64.5 Å². The minimum atomic E-state index is 0.195. The highest BCUT2D eigenvalue weighted by molar-refractivity contribution is 9.10. The number of hydrogen-bond acceptors (Lipinski definition) is 2. The molecule has 0 spiro atoms. The predicted molar refractivity (Wildman–Crippen MR) is 119 cm³/mol. The highest BCUT2D eigenvalue weighted by atomic mass is 79.9. The van der Waals surface area contributed by atoms with Gasteiger partial charge in [-0.2, -0.15) is 0 Å². The zero-order valence-electron chi connectivity index (χ0n) is 16.4. The van der Waals surface area contributed by atoms with Gasteiger partial charge in [0.1, 0.15) is 12.2 Å². The Kier molecular flexibility index (Phi) is 4.66. The summed E-state index contributed by atoms with van der Waals surface area (Å²) in [5, 5.41) is 2.36. The number of hydrogen-bond donors (Lipinski definition) is 1. The van der Waals surface area contributed by atoms with Crippen LogP contribution in [0.2, 0.25) is 0 Å². The maximum atomic E-state index is 13.1. The molecule has 0 saturated carbocycles. The molecule has 148 valence electrons. The highest BCUT2D eigenvalue weighted by Crippen LogP contribution is 2.33.